The molecule has 0 aliphatic carbocycles. The van der Waals surface area contributed by atoms with E-state index in [0.717, 1.165) is 35.5 Å². The summed E-state index contributed by atoms with van der Waals surface area (Å²) in [5.41, 5.74) is 1.59. The van der Waals surface area contributed by atoms with Crippen molar-refractivity contribution >= 4 is 21.4 Å². The summed E-state index contributed by atoms with van der Waals surface area (Å²) in [6, 6.07) is 5.24. The largest absolute Gasteiger partial charge is 0.495 e. The molecule has 2 heterocycles. The van der Waals surface area contributed by atoms with Crippen molar-refractivity contribution in [3.8, 4) is 17.0 Å². The van der Waals surface area contributed by atoms with Crippen LogP contribution in [0.25, 0.3) is 11.3 Å². The van der Waals surface area contributed by atoms with Gasteiger partial charge in [-0.2, -0.15) is 4.31 Å². The second kappa shape index (κ2) is 6.59. The van der Waals surface area contributed by atoms with Gasteiger partial charge in [-0.3, -0.25) is 0 Å². The highest BCUT2D eigenvalue weighted by Gasteiger charge is 2.29. The molecule has 0 spiro atoms. The van der Waals surface area contributed by atoms with E-state index in [0.29, 0.717) is 18.8 Å². The van der Waals surface area contributed by atoms with Gasteiger partial charge in [0, 0.05) is 24.0 Å². The van der Waals surface area contributed by atoms with Crippen LogP contribution in [0.5, 0.6) is 5.75 Å². The normalized spacial score (nSPS) is 16.4. The minimum Gasteiger partial charge on any atom is -0.495 e. The third-order valence-corrected chi connectivity index (χ3v) is 6.70. The van der Waals surface area contributed by atoms with Gasteiger partial charge in [0.25, 0.3) is 0 Å². The first-order valence-corrected chi connectivity index (χ1v) is 9.95. The summed E-state index contributed by atoms with van der Waals surface area (Å²) in [6.07, 6.45) is 2.90. The van der Waals surface area contributed by atoms with Crippen LogP contribution in [0, 0.1) is 6.92 Å². The molecule has 3 rings (SSSR count). The highest BCUT2D eigenvalue weighted by atomic mass is 32.2. The van der Waals surface area contributed by atoms with Crippen LogP contribution < -0.4 is 4.74 Å². The number of nitrogens with zero attached hydrogens (tertiary/aromatic N) is 2. The van der Waals surface area contributed by atoms with Crippen molar-refractivity contribution in [1.29, 1.82) is 0 Å². The van der Waals surface area contributed by atoms with Crippen LogP contribution in [0.1, 0.15) is 24.3 Å². The Labute approximate surface area is 141 Å². The van der Waals surface area contributed by atoms with Gasteiger partial charge in [-0.05, 0) is 38.0 Å². The second-order valence-electron chi connectivity index (χ2n) is 5.58. The van der Waals surface area contributed by atoms with E-state index < -0.39 is 10.0 Å². The Hall–Kier alpha value is -1.44. The van der Waals surface area contributed by atoms with Gasteiger partial charge in [0.15, 0.2) is 0 Å². The van der Waals surface area contributed by atoms with Crippen molar-refractivity contribution in [3.05, 3.63) is 28.6 Å². The fraction of sp³-hybridized carbons (Fsp3) is 0.438. The first kappa shape index (κ1) is 16.4. The molecule has 1 aromatic carbocycles. The number of piperidine rings is 1. The molecule has 0 atom stereocenters. The molecule has 0 radical (unpaired) electrons. The predicted molar refractivity (Wildman–Crippen MR) is 91.4 cm³/mol. The number of hydrogen-bond donors (Lipinski definition) is 0. The molecule has 0 saturated carbocycles. The van der Waals surface area contributed by atoms with E-state index in [1.807, 2.05) is 18.4 Å². The average Bonchev–Trinajstić information content (AvgIpc) is 3.01. The Bertz CT molecular complexity index is 793. The molecule has 2 aromatic rings. The number of rotatable bonds is 4. The Morgan fingerprint density at radius 2 is 1.96 bits per heavy atom. The molecule has 1 fully saturated rings. The Balaban J connectivity index is 2.05. The van der Waals surface area contributed by atoms with Gasteiger partial charge in [-0.25, -0.2) is 13.4 Å². The van der Waals surface area contributed by atoms with E-state index in [9.17, 15) is 8.42 Å². The van der Waals surface area contributed by atoms with Gasteiger partial charge in [0.05, 0.1) is 17.8 Å². The lowest BCUT2D eigenvalue weighted by molar-refractivity contribution is 0.343. The van der Waals surface area contributed by atoms with Crippen LogP contribution in [-0.4, -0.2) is 37.9 Å². The number of hydrogen-bond acceptors (Lipinski definition) is 5. The van der Waals surface area contributed by atoms with E-state index >= 15 is 0 Å². The van der Waals surface area contributed by atoms with Crippen LogP contribution in [-0.2, 0) is 10.0 Å². The van der Waals surface area contributed by atoms with E-state index in [-0.39, 0.29) is 4.90 Å². The Morgan fingerprint density at radius 3 is 2.57 bits per heavy atom. The zero-order valence-corrected chi connectivity index (χ0v) is 14.9. The van der Waals surface area contributed by atoms with Gasteiger partial charge < -0.3 is 4.74 Å². The number of thiazole rings is 1. The predicted octanol–water partition coefficient (Wildman–Crippen LogP) is 3.30. The SMILES string of the molecule is COc1ccc(-c2csc(C)n2)cc1S(=O)(=O)N1CCCCC1. The molecule has 0 unspecified atom stereocenters. The maximum Gasteiger partial charge on any atom is 0.246 e. The minimum atomic E-state index is -3.54. The molecule has 7 heteroatoms. The van der Waals surface area contributed by atoms with Gasteiger partial charge in [-0.15, -0.1) is 11.3 Å². The lowest BCUT2D eigenvalue weighted by Crippen LogP contribution is -2.35. The summed E-state index contributed by atoms with van der Waals surface area (Å²) in [6.45, 7) is 3.08. The van der Waals surface area contributed by atoms with E-state index in [1.54, 1.807) is 27.8 Å². The zero-order valence-electron chi connectivity index (χ0n) is 13.3. The van der Waals surface area contributed by atoms with Crippen molar-refractivity contribution in [3.63, 3.8) is 0 Å². The van der Waals surface area contributed by atoms with Gasteiger partial charge in [0.2, 0.25) is 10.0 Å². The third kappa shape index (κ3) is 3.27. The highest BCUT2D eigenvalue weighted by molar-refractivity contribution is 7.89. The summed E-state index contributed by atoms with van der Waals surface area (Å²) >= 11 is 1.55. The number of methoxy groups -OCH3 is 1. The molecule has 124 valence electrons. The molecule has 1 aromatic heterocycles. The molecule has 1 aliphatic rings. The highest BCUT2D eigenvalue weighted by Crippen LogP contribution is 2.33. The monoisotopic (exact) mass is 352 g/mol. The van der Waals surface area contributed by atoms with Gasteiger partial charge in [0.1, 0.15) is 10.6 Å². The molecule has 23 heavy (non-hydrogen) atoms. The smallest absolute Gasteiger partial charge is 0.246 e. The van der Waals surface area contributed by atoms with Crippen molar-refractivity contribution in [2.24, 2.45) is 0 Å². The molecule has 1 saturated heterocycles. The topological polar surface area (TPSA) is 59.5 Å². The van der Waals surface area contributed by atoms with Crippen LogP contribution in [0.15, 0.2) is 28.5 Å². The number of aryl methyl sites for hydroxylation is 1. The first-order chi connectivity index (χ1) is 11.0. The Kier molecular flexibility index (Phi) is 4.70. The minimum absolute atomic E-state index is 0.227. The van der Waals surface area contributed by atoms with E-state index in [1.165, 1.54) is 7.11 Å². The van der Waals surface area contributed by atoms with E-state index in [4.69, 9.17) is 4.74 Å². The summed E-state index contributed by atoms with van der Waals surface area (Å²) in [4.78, 5) is 4.67. The molecule has 1 aliphatic heterocycles. The van der Waals surface area contributed by atoms with Crippen LogP contribution in [0.2, 0.25) is 0 Å². The van der Waals surface area contributed by atoms with Gasteiger partial charge in [-0.1, -0.05) is 6.42 Å². The molecular weight excluding hydrogens is 332 g/mol. The Morgan fingerprint density at radius 1 is 1.22 bits per heavy atom. The van der Waals surface area contributed by atoms with E-state index in [2.05, 4.69) is 4.98 Å². The molecule has 5 nitrogen and oxygen atoms in total. The second-order valence-corrected chi connectivity index (χ2v) is 8.55. The summed E-state index contributed by atoms with van der Waals surface area (Å²) < 4.78 is 32.8. The fourth-order valence-electron chi connectivity index (χ4n) is 2.78. The van der Waals surface area contributed by atoms with Crippen molar-refractivity contribution in [2.75, 3.05) is 20.2 Å². The summed E-state index contributed by atoms with van der Waals surface area (Å²) in [7, 11) is -2.05. The van der Waals surface area contributed by atoms with Crippen LogP contribution in [0.3, 0.4) is 0 Å². The lowest BCUT2D eigenvalue weighted by atomic mass is 10.2. The number of benzene rings is 1. The fourth-order valence-corrected chi connectivity index (χ4v) is 5.10. The van der Waals surface area contributed by atoms with Crippen molar-refractivity contribution < 1.29 is 13.2 Å². The van der Waals surface area contributed by atoms with Crippen LogP contribution >= 0.6 is 11.3 Å². The quantitative estimate of drug-likeness (QED) is 0.847. The third-order valence-electron chi connectivity index (χ3n) is 4.01. The van der Waals surface area contributed by atoms with Crippen molar-refractivity contribution in [1.82, 2.24) is 9.29 Å². The molecule has 0 bridgehead atoms. The molecule has 0 N–H and O–H groups in total. The number of ether oxygens (including phenoxy) is 1. The van der Waals surface area contributed by atoms with Gasteiger partial charge >= 0.3 is 0 Å². The first-order valence-electron chi connectivity index (χ1n) is 7.63. The maximum absolute atomic E-state index is 13.0. The summed E-state index contributed by atoms with van der Waals surface area (Å²) in [5, 5.41) is 2.89. The number of aromatic nitrogens is 1. The molecular formula is C16H20N2O3S2. The van der Waals surface area contributed by atoms with Crippen LogP contribution in [0.4, 0.5) is 0 Å². The number of sulfonamides is 1. The lowest BCUT2D eigenvalue weighted by Gasteiger charge is -2.26. The maximum atomic E-state index is 13.0. The zero-order chi connectivity index (χ0) is 16.4. The summed E-state index contributed by atoms with van der Waals surface area (Å²) in [5.74, 6) is 0.381. The molecule has 0 amide bonds. The average molecular weight is 352 g/mol. The van der Waals surface area contributed by atoms with Crippen molar-refractivity contribution in [2.45, 2.75) is 31.1 Å². The standard InChI is InChI=1S/C16H20N2O3S2/c1-12-17-14(11-22-12)13-6-7-15(21-2)16(10-13)23(19,20)18-8-4-3-5-9-18/h6-7,10-11H,3-5,8-9H2,1-2H3.